The van der Waals surface area contributed by atoms with E-state index in [9.17, 15) is 46.0 Å². The van der Waals surface area contributed by atoms with Crippen LogP contribution in [-0.2, 0) is 37.9 Å². The lowest BCUT2D eigenvalue weighted by molar-refractivity contribution is -0.385. The molecule has 0 radical (unpaired) electrons. The van der Waals surface area contributed by atoms with Crippen LogP contribution in [0.3, 0.4) is 0 Å². The fourth-order valence-electron chi connectivity index (χ4n) is 13.7. The molecule has 9 aliphatic rings. The Morgan fingerprint density at radius 3 is 2.20 bits per heavy atom. The molecule has 0 aromatic rings. The summed E-state index contributed by atoms with van der Waals surface area (Å²) in [6.45, 7) is 10.1. The Bertz CT molecular complexity index is 1610. The molecule has 4 aliphatic carbocycles. The molecule has 9 N–H and O–H groups in total. The van der Waals surface area contributed by atoms with Crippen LogP contribution in [0.2, 0.25) is 0 Å². The zero-order valence-electron chi connectivity index (χ0n) is 36.0. The minimum atomic E-state index is -1.72. The molecule has 0 aromatic heterocycles. The summed E-state index contributed by atoms with van der Waals surface area (Å²) in [5, 5.41) is 97.9. The summed E-state index contributed by atoms with van der Waals surface area (Å²) in [6.07, 6.45) is -11.5. The Hall–Kier alpha value is -0.940. The number of ether oxygens (including phenoxy) is 8. The second-order valence-corrected chi connectivity index (χ2v) is 20.7. The van der Waals surface area contributed by atoms with Gasteiger partial charge in [0, 0.05) is 17.8 Å². The van der Waals surface area contributed by atoms with Gasteiger partial charge in [-0.25, -0.2) is 0 Å². The van der Waals surface area contributed by atoms with Crippen molar-refractivity contribution < 1.29 is 83.9 Å². The molecular weight excluding hydrogens is 800 g/mol. The molecule has 25 atom stereocenters. The number of hydrogen-bond acceptors (Lipinski definition) is 17. The van der Waals surface area contributed by atoms with E-state index in [4.69, 9.17) is 37.9 Å². The highest BCUT2D eigenvalue weighted by Gasteiger charge is 2.76. The molecule has 17 heteroatoms. The standard InChI is InChI=1S/C44H70O17/c1-19-8-13-43(55-17-19)21(3)44(53)29(61-43)15-26-24-7-6-22-14-23(9-11-41(22,4)25(24)10-12-42(26,44)5)57-40-37(60-39-34(51)32(49)30(47)20(2)56-39)35(52)36(28(16-45)58-40)59-38-33(50)31(48)27(46)18-54-38/h6,19-21,23-40,45-53H,7-18H2,1-5H3/t19-,20+,21-,23+,24-,25+,26+,27+,28-,29+,30+,31+,32-,33-,34-,35+,36-,37-,38+,39+,40-,41+,42+,43-,44-/m1/s1. The van der Waals surface area contributed by atoms with Crippen molar-refractivity contribution in [3.8, 4) is 0 Å². The third-order valence-corrected chi connectivity index (χ3v) is 17.5. The Balaban J connectivity index is 0.921. The number of fused-ring (bicyclic) bond motifs is 7. The zero-order chi connectivity index (χ0) is 43.6. The van der Waals surface area contributed by atoms with E-state index in [1.165, 1.54) is 12.5 Å². The normalized spacial score (nSPS) is 58.4. The fourth-order valence-corrected chi connectivity index (χ4v) is 13.7. The van der Waals surface area contributed by atoms with Crippen molar-refractivity contribution >= 4 is 0 Å². The van der Waals surface area contributed by atoms with Gasteiger partial charge in [-0.3, -0.25) is 0 Å². The fraction of sp³-hybridized carbons (Fsp3) is 0.955. The van der Waals surface area contributed by atoms with E-state index in [1.54, 1.807) is 0 Å². The second kappa shape index (κ2) is 16.4. The number of aliphatic hydroxyl groups is 9. The highest BCUT2D eigenvalue weighted by molar-refractivity contribution is 5.29. The third kappa shape index (κ3) is 7.06. The first kappa shape index (κ1) is 45.2. The Kier molecular flexibility index (Phi) is 12.2. The van der Waals surface area contributed by atoms with Gasteiger partial charge in [0.25, 0.3) is 0 Å². The largest absolute Gasteiger partial charge is 0.394 e. The van der Waals surface area contributed by atoms with Crippen molar-refractivity contribution in [1.29, 1.82) is 0 Å². The summed E-state index contributed by atoms with van der Waals surface area (Å²) in [5.74, 6) is 0.693. The molecule has 3 saturated carbocycles. The van der Waals surface area contributed by atoms with Crippen molar-refractivity contribution in [3.63, 3.8) is 0 Å². The first-order valence-corrected chi connectivity index (χ1v) is 22.9. The van der Waals surface area contributed by atoms with Crippen LogP contribution in [0.15, 0.2) is 11.6 Å². The summed E-state index contributed by atoms with van der Waals surface area (Å²) >= 11 is 0. The van der Waals surface area contributed by atoms with Crippen molar-refractivity contribution in [2.24, 2.45) is 40.4 Å². The predicted molar refractivity (Wildman–Crippen MR) is 210 cm³/mol. The lowest BCUT2D eigenvalue weighted by Gasteiger charge is -2.60. The molecule has 1 spiro atoms. The van der Waals surface area contributed by atoms with Gasteiger partial charge in [0.1, 0.15) is 66.6 Å². The molecule has 8 fully saturated rings. The molecule has 17 nitrogen and oxygen atoms in total. The smallest absolute Gasteiger partial charge is 0.187 e. The second-order valence-electron chi connectivity index (χ2n) is 20.7. The van der Waals surface area contributed by atoms with E-state index < -0.39 is 110 Å². The van der Waals surface area contributed by atoms with E-state index >= 15 is 0 Å². The average Bonchev–Trinajstić information content (AvgIpc) is 3.59. The Morgan fingerprint density at radius 2 is 1.48 bits per heavy atom. The number of hydrogen-bond donors (Lipinski definition) is 9. The van der Waals surface area contributed by atoms with E-state index in [0.717, 1.165) is 44.9 Å². The van der Waals surface area contributed by atoms with Crippen LogP contribution in [0.1, 0.15) is 92.4 Å². The summed E-state index contributed by atoms with van der Waals surface area (Å²) in [4.78, 5) is 0. The molecule has 0 unspecified atom stereocenters. The summed E-state index contributed by atoms with van der Waals surface area (Å²) in [5.41, 5.74) is -0.101. The van der Waals surface area contributed by atoms with Gasteiger partial charge in [-0.1, -0.05) is 39.3 Å². The Morgan fingerprint density at radius 1 is 0.738 bits per heavy atom. The highest BCUT2D eigenvalue weighted by Crippen LogP contribution is 2.72. The number of rotatable bonds is 7. The molecule has 0 bridgehead atoms. The quantitative estimate of drug-likeness (QED) is 0.152. The topological polar surface area (TPSA) is 256 Å². The van der Waals surface area contributed by atoms with Gasteiger partial charge < -0.3 is 83.9 Å². The molecule has 0 aromatic carbocycles. The van der Waals surface area contributed by atoms with Gasteiger partial charge >= 0.3 is 0 Å². The molecule has 5 aliphatic heterocycles. The van der Waals surface area contributed by atoms with Gasteiger partial charge in [0.05, 0.1) is 38.1 Å². The minimum Gasteiger partial charge on any atom is -0.394 e. The van der Waals surface area contributed by atoms with Crippen LogP contribution in [0.25, 0.3) is 0 Å². The van der Waals surface area contributed by atoms with Crippen molar-refractivity contribution in [2.45, 2.75) is 202 Å². The van der Waals surface area contributed by atoms with Gasteiger partial charge in [0.2, 0.25) is 0 Å². The number of aliphatic hydroxyl groups excluding tert-OH is 8. The lowest BCUT2D eigenvalue weighted by Crippen LogP contribution is -2.66. The zero-order valence-corrected chi connectivity index (χ0v) is 36.0. The molecule has 5 heterocycles. The SMILES string of the molecule is C[C@@H]1CC[C@@]2(OC1)O[C@H]1C[C@H]3[C@@H]4CC=C5C[C@@H](O[C@@H]6O[C@H](CO)[C@@H](O[C@@H]7OC[C@H](O)[C@H](O)[C@H]7O)[C@H](O)[C@H]6O[C@@H]6O[C@@H](C)[C@H](O)[C@@H](O)[C@H]6O)CC[C@]5(C)[C@H]4CC[C@]3(C)[C@@]1(O)[C@@H]2C. The van der Waals surface area contributed by atoms with E-state index in [0.29, 0.717) is 43.1 Å². The highest BCUT2D eigenvalue weighted by atomic mass is 16.8. The van der Waals surface area contributed by atoms with E-state index in [-0.39, 0.29) is 29.5 Å². The van der Waals surface area contributed by atoms with Gasteiger partial charge in [0.15, 0.2) is 24.7 Å². The summed E-state index contributed by atoms with van der Waals surface area (Å²) in [6, 6.07) is 0. The molecule has 9 rings (SSSR count). The minimum absolute atomic E-state index is 0.109. The van der Waals surface area contributed by atoms with Crippen LogP contribution >= 0.6 is 0 Å². The first-order chi connectivity index (χ1) is 28.9. The molecule has 5 saturated heterocycles. The van der Waals surface area contributed by atoms with Crippen molar-refractivity contribution in [3.05, 3.63) is 11.6 Å². The maximum Gasteiger partial charge on any atom is 0.187 e. The van der Waals surface area contributed by atoms with E-state index in [1.807, 2.05) is 0 Å². The van der Waals surface area contributed by atoms with E-state index in [2.05, 4.69) is 33.8 Å². The van der Waals surface area contributed by atoms with Crippen LogP contribution in [0.4, 0.5) is 0 Å². The maximum atomic E-state index is 12.8. The Labute approximate surface area is 357 Å². The molecule has 61 heavy (non-hydrogen) atoms. The van der Waals surface area contributed by atoms with Crippen molar-refractivity contribution in [2.75, 3.05) is 19.8 Å². The van der Waals surface area contributed by atoms with Gasteiger partial charge in [-0.15, -0.1) is 0 Å². The summed E-state index contributed by atoms with van der Waals surface area (Å²) in [7, 11) is 0. The van der Waals surface area contributed by atoms with Crippen LogP contribution in [0.5, 0.6) is 0 Å². The maximum absolute atomic E-state index is 12.8. The van der Waals surface area contributed by atoms with Crippen LogP contribution in [0, 0.1) is 40.4 Å². The van der Waals surface area contributed by atoms with Gasteiger partial charge in [-0.2, -0.15) is 0 Å². The molecule has 0 amide bonds. The lowest BCUT2D eigenvalue weighted by atomic mass is 9.46. The van der Waals surface area contributed by atoms with Crippen molar-refractivity contribution in [1.82, 2.24) is 0 Å². The monoisotopic (exact) mass is 870 g/mol. The number of allylic oxidation sites excluding steroid dienone is 1. The first-order valence-electron chi connectivity index (χ1n) is 22.9. The van der Waals surface area contributed by atoms with Crippen LogP contribution in [-0.4, -0.2) is 175 Å². The molecule has 348 valence electrons. The average molecular weight is 871 g/mol. The third-order valence-electron chi connectivity index (χ3n) is 17.5. The van der Waals surface area contributed by atoms with Crippen LogP contribution < -0.4 is 0 Å². The summed E-state index contributed by atoms with van der Waals surface area (Å²) < 4.78 is 49.5. The van der Waals surface area contributed by atoms with Gasteiger partial charge in [-0.05, 0) is 87.4 Å². The molecular formula is C44H70O17. The predicted octanol–water partition coefficient (Wildman–Crippen LogP) is -0.0319.